The van der Waals surface area contributed by atoms with Crippen LogP contribution >= 0.6 is 11.8 Å². The van der Waals surface area contributed by atoms with Gasteiger partial charge in [-0.3, -0.25) is 0 Å². The number of halogens is 3. The molecule has 0 saturated heterocycles. The standard InChI is InChI=1S/C10H18F3NS/c1-9(2,7-14-8-3-4-8)5-6-15-10(11,12)13/h8,14H,3-7H2,1-2H3. The molecule has 0 unspecified atom stereocenters. The van der Waals surface area contributed by atoms with Crippen molar-refractivity contribution in [3.8, 4) is 0 Å². The minimum Gasteiger partial charge on any atom is -0.313 e. The second-order valence-electron chi connectivity index (χ2n) is 4.86. The highest BCUT2D eigenvalue weighted by molar-refractivity contribution is 8.00. The zero-order valence-corrected chi connectivity index (χ0v) is 9.97. The number of thioether (sulfide) groups is 1. The van der Waals surface area contributed by atoms with E-state index in [4.69, 9.17) is 0 Å². The van der Waals surface area contributed by atoms with Gasteiger partial charge in [0.25, 0.3) is 0 Å². The average Bonchev–Trinajstić information content (AvgIpc) is 2.80. The van der Waals surface area contributed by atoms with E-state index in [0.29, 0.717) is 12.5 Å². The Balaban J connectivity index is 2.11. The molecule has 1 aliphatic carbocycles. The van der Waals surface area contributed by atoms with E-state index in [1.165, 1.54) is 12.8 Å². The van der Waals surface area contributed by atoms with Crippen LogP contribution in [0.5, 0.6) is 0 Å². The lowest BCUT2D eigenvalue weighted by atomic mass is 9.90. The topological polar surface area (TPSA) is 12.0 Å². The van der Waals surface area contributed by atoms with Crippen LogP contribution in [0.1, 0.15) is 33.1 Å². The van der Waals surface area contributed by atoms with Crippen molar-refractivity contribution >= 4 is 11.8 Å². The van der Waals surface area contributed by atoms with Gasteiger partial charge in [-0.1, -0.05) is 25.6 Å². The summed E-state index contributed by atoms with van der Waals surface area (Å²) in [5.41, 5.74) is -4.12. The van der Waals surface area contributed by atoms with Gasteiger partial charge >= 0.3 is 5.51 Å². The molecule has 0 radical (unpaired) electrons. The first-order valence-electron chi connectivity index (χ1n) is 5.23. The monoisotopic (exact) mass is 241 g/mol. The second kappa shape index (κ2) is 4.95. The van der Waals surface area contributed by atoms with E-state index in [1.54, 1.807) is 0 Å². The van der Waals surface area contributed by atoms with Crippen LogP contribution in [-0.4, -0.2) is 23.8 Å². The molecule has 0 amide bonds. The molecule has 0 heterocycles. The van der Waals surface area contributed by atoms with Crippen LogP contribution in [0.4, 0.5) is 13.2 Å². The molecular weight excluding hydrogens is 223 g/mol. The summed E-state index contributed by atoms with van der Waals surface area (Å²) in [6.45, 7) is 4.84. The van der Waals surface area contributed by atoms with Crippen molar-refractivity contribution in [3.63, 3.8) is 0 Å². The molecule has 1 rings (SSSR count). The van der Waals surface area contributed by atoms with Crippen molar-refractivity contribution in [2.75, 3.05) is 12.3 Å². The van der Waals surface area contributed by atoms with Crippen molar-refractivity contribution < 1.29 is 13.2 Å². The molecule has 0 aromatic rings. The van der Waals surface area contributed by atoms with E-state index in [-0.39, 0.29) is 22.9 Å². The van der Waals surface area contributed by atoms with Gasteiger partial charge in [-0.25, -0.2) is 0 Å². The number of nitrogens with one attached hydrogen (secondary N) is 1. The van der Waals surface area contributed by atoms with E-state index in [9.17, 15) is 13.2 Å². The summed E-state index contributed by atoms with van der Waals surface area (Å²) < 4.78 is 35.7. The third kappa shape index (κ3) is 7.06. The quantitative estimate of drug-likeness (QED) is 0.765. The zero-order chi connectivity index (χ0) is 11.5. The fourth-order valence-corrected chi connectivity index (χ4v) is 2.13. The normalized spacial score (nSPS) is 18.2. The van der Waals surface area contributed by atoms with Crippen LogP contribution in [-0.2, 0) is 0 Å². The number of alkyl halides is 3. The Hall–Kier alpha value is 0.1000. The summed E-state index contributed by atoms with van der Waals surface area (Å²) in [6.07, 6.45) is 3.03. The fourth-order valence-electron chi connectivity index (χ4n) is 1.24. The maximum Gasteiger partial charge on any atom is 0.441 e. The molecule has 0 atom stereocenters. The van der Waals surface area contributed by atoms with Gasteiger partial charge in [-0.2, -0.15) is 13.2 Å². The van der Waals surface area contributed by atoms with Gasteiger partial charge in [0, 0.05) is 18.3 Å². The minimum absolute atomic E-state index is 0.0408. The van der Waals surface area contributed by atoms with Crippen molar-refractivity contribution in [3.05, 3.63) is 0 Å². The highest BCUT2D eigenvalue weighted by atomic mass is 32.2. The predicted molar refractivity (Wildman–Crippen MR) is 57.9 cm³/mol. The predicted octanol–water partition coefficient (Wildman–Crippen LogP) is 3.41. The smallest absolute Gasteiger partial charge is 0.313 e. The highest BCUT2D eigenvalue weighted by Crippen LogP contribution is 2.33. The minimum atomic E-state index is -4.08. The lowest BCUT2D eigenvalue weighted by molar-refractivity contribution is -0.0328. The molecular formula is C10H18F3NS. The summed E-state index contributed by atoms with van der Waals surface area (Å²) >= 11 is 0.0825. The maximum absolute atomic E-state index is 11.9. The molecule has 1 saturated carbocycles. The maximum atomic E-state index is 11.9. The second-order valence-corrected chi connectivity index (χ2v) is 6.02. The number of hydrogen-bond donors (Lipinski definition) is 1. The van der Waals surface area contributed by atoms with Crippen molar-refractivity contribution in [2.45, 2.75) is 44.7 Å². The Labute approximate surface area is 93.2 Å². The molecule has 1 N–H and O–H groups in total. The van der Waals surface area contributed by atoms with Gasteiger partial charge in [-0.15, -0.1) is 0 Å². The first kappa shape index (κ1) is 13.2. The molecule has 0 aromatic carbocycles. The fraction of sp³-hybridized carbons (Fsp3) is 1.00. The lowest BCUT2D eigenvalue weighted by Crippen LogP contribution is -2.31. The van der Waals surface area contributed by atoms with E-state index in [2.05, 4.69) is 5.32 Å². The SMILES string of the molecule is CC(C)(CCSC(F)(F)F)CNC1CC1. The molecule has 90 valence electrons. The van der Waals surface area contributed by atoms with Gasteiger partial charge < -0.3 is 5.32 Å². The van der Waals surface area contributed by atoms with Gasteiger partial charge in [-0.05, 0) is 24.7 Å². The van der Waals surface area contributed by atoms with Crippen molar-refractivity contribution in [1.29, 1.82) is 0 Å². The molecule has 1 aliphatic rings. The molecule has 0 aliphatic heterocycles. The Bertz CT molecular complexity index is 199. The van der Waals surface area contributed by atoms with Crippen LogP contribution < -0.4 is 5.32 Å². The van der Waals surface area contributed by atoms with E-state index < -0.39 is 5.51 Å². The Morgan fingerprint density at radius 2 is 1.87 bits per heavy atom. The molecule has 1 fully saturated rings. The molecule has 15 heavy (non-hydrogen) atoms. The summed E-state index contributed by atoms with van der Waals surface area (Å²) in [6, 6.07) is 0.625. The van der Waals surface area contributed by atoms with Gasteiger partial charge in [0.05, 0.1) is 0 Å². The molecule has 5 heteroatoms. The molecule has 1 nitrogen and oxygen atoms in total. The van der Waals surface area contributed by atoms with Gasteiger partial charge in [0.2, 0.25) is 0 Å². The third-order valence-corrected chi connectivity index (χ3v) is 3.23. The molecule has 0 spiro atoms. The zero-order valence-electron chi connectivity index (χ0n) is 9.16. The van der Waals surface area contributed by atoms with Crippen molar-refractivity contribution in [2.24, 2.45) is 5.41 Å². The van der Waals surface area contributed by atoms with E-state index in [1.807, 2.05) is 13.8 Å². The lowest BCUT2D eigenvalue weighted by Gasteiger charge is -2.25. The number of rotatable bonds is 6. The largest absolute Gasteiger partial charge is 0.441 e. The summed E-state index contributed by atoms with van der Waals surface area (Å²) in [7, 11) is 0. The molecule has 0 bridgehead atoms. The van der Waals surface area contributed by atoms with Crippen LogP contribution in [0.15, 0.2) is 0 Å². The summed E-state index contributed by atoms with van der Waals surface area (Å²) in [5.74, 6) is 0.156. The van der Waals surface area contributed by atoms with Crippen LogP contribution in [0, 0.1) is 5.41 Å². The van der Waals surface area contributed by atoms with E-state index >= 15 is 0 Å². The van der Waals surface area contributed by atoms with Gasteiger partial charge in [0.15, 0.2) is 0 Å². The van der Waals surface area contributed by atoms with E-state index in [0.717, 1.165) is 6.54 Å². The molecule has 0 aromatic heterocycles. The van der Waals surface area contributed by atoms with Crippen LogP contribution in [0.25, 0.3) is 0 Å². The van der Waals surface area contributed by atoms with Crippen LogP contribution in [0.3, 0.4) is 0 Å². The Morgan fingerprint density at radius 1 is 1.27 bits per heavy atom. The third-order valence-electron chi connectivity index (χ3n) is 2.49. The first-order valence-corrected chi connectivity index (χ1v) is 6.21. The Morgan fingerprint density at radius 3 is 2.33 bits per heavy atom. The van der Waals surface area contributed by atoms with Gasteiger partial charge in [0.1, 0.15) is 0 Å². The Kier molecular flexibility index (Phi) is 4.35. The highest BCUT2D eigenvalue weighted by Gasteiger charge is 2.30. The summed E-state index contributed by atoms with van der Waals surface area (Å²) in [5, 5.41) is 3.35. The summed E-state index contributed by atoms with van der Waals surface area (Å²) in [4.78, 5) is 0. The number of hydrogen-bond acceptors (Lipinski definition) is 2. The van der Waals surface area contributed by atoms with Crippen LogP contribution in [0.2, 0.25) is 0 Å². The first-order chi connectivity index (χ1) is 6.79. The average molecular weight is 241 g/mol. The van der Waals surface area contributed by atoms with Crippen molar-refractivity contribution in [1.82, 2.24) is 5.32 Å².